The largest absolute Gasteiger partial charge is 0.493 e. The number of guanidine groups is 1. The van der Waals surface area contributed by atoms with Crippen LogP contribution in [0, 0.1) is 5.92 Å². The van der Waals surface area contributed by atoms with Crippen LogP contribution in [-0.4, -0.2) is 52.1 Å². The molecule has 1 fully saturated rings. The van der Waals surface area contributed by atoms with E-state index in [0.717, 1.165) is 5.75 Å². The Morgan fingerprint density at radius 1 is 1.29 bits per heavy atom. The first-order chi connectivity index (χ1) is 12.6. The Morgan fingerprint density at radius 3 is 2.43 bits per heavy atom. The number of benzene rings is 1. The van der Waals surface area contributed by atoms with Crippen molar-refractivity contribution in [3.8, 4) is 5.75 Å². The molecule has 0 bridgehead atoms. The van der Waals surface area contributed by atoms with Crippen molar-refractivity contribution in [2.24, 2.45) is 10.9 Å². The van der Waals surface area contributed by atoms with Gasteiger partial charge in [-0.25, -0.2) is 8.42 Å². The number of nitrogens with one attached hydrogen (secondary N) is 2. The molecule has 160 valence electrons. The Kier molecular flexibility index (Phi) is 9.52. The van der Waals surface area contributed by atoms with Crippen LogP contribution in [0.25, 0.3) is 0 Å². The smallest absolute Gasteiger partial charge is 0.191 e. The van der Waals surface area contributed by atoms with Crippen molar-refractivity contribution >= 4 is 39.8 Å². The van der Waals surface area contributed by atoms with Crippen molar-refractivity contribution in [2.45, 2.75) is 45.6 Å². The van der Waals surface area contributed by atoms with Crippen LogP contribution < -0.4 is 15.4 Å². The van der Waals surface area contributed by atoms with Crippen molar-refractivity contribution < 1.29 is 13.2 Å². The topological polar surface area (TPSA) is 79.8 Å². The number of aliphatic imine (C=N–C) groups is 1. The van der Waals surface area contributed by atoms with Crippen molar-refractivity contribution in [2.75, 3.05) is 31.7 Å². The van der Waals surface area contributed by atoms with Crippen LogP contribution in [-0.2, 0) is 15.3 Å². The molecule has 0 saturated carbocycles. The molecular formula is C20H34IN3O3S. The predicted octanol–water partition coefficient (Wildman–Crippen LogP) is 2.97. The molecule has 6 nitrogen and oxygen atoms in total. The van der Waals surface area contributed by atoms with E-state index in [0.29, 0.717) is 31.4 Å². The maximum Gasteiger partial charge on any atom is 0.191 e. The molecule has 2 rings (SSSR count). The molecule has 1 atom stereocenters. The summed E-state index contributed by atoms with van der Waals surface area (Å²) in [4.78, 5) is 4.23. The molecule has 0 aliphatic carbocycles. The van der Waals surface area contributed by atoms with E-state index >= 15 is 0 Å². The highest BCUT2D eigenvalue weighted by atomic mass is 127. The minimum atomic E-state index is -2.91. The second kappa shape index (κ2) is 10.7. The van der Waals surface area contributed by atoms with Crippen LogP contribution in [0.2, 0.25) is 0 Å². The summed E-state index contributed by atoms with van der Waals surface area (Å²) < 4.78 is 29.0. The summed E-state index contributed by atoms with van der Waals surface area (Å²) in [6.45, 7) is 9.98. The maximum absolute atomic E-state index is 11.6. The molecule has 1 aliphatic rings. The zero-order chi connectivity index (χ0) is 20.1. The minimum absolute atomic E-state index is 0. The van der Waals surface area contributed by atoms with Crippen LogP contribution in [0.5, 0.6) is 5.75 Å². The normalized spacial score (nSPS) is 19.2. The van der Waals surface area contributed by atoms with Crippen LogP contribution in [0.15, 0.2) is 29.3 Å². The molecule has 28 heavy (non-hydrogen) atoms. The number of hydrogen-bond acceptors (Lipinski definition) is 4. The van der Waals surface area contributed by atoms with Crippen molar-refractivity contribution in [3.05, 3.63) is 29.8 Å². The van der Waals surface area contributed by atoms with Gasteiger partial charge < -0.3 is 15.4 Å². The third-order valence-electron chi connectivity index (χ3n) is 4.71. The molecule has 2 N–H and O–H groups in total. The third-order valence-corrected chi connectivity index (χ3v) is 6.48. The lowest BCUT2D eigenvalue weighted by Crippen LogP contribution is -2.47. The van der Waals surface area contributed by atoms with E-state index < -0.39 is 9.84 Å². The highest BCUT2D eigenvalue weighted by Crippen LogP contribution is 2.25. The van der Waals surface area contributed by atoms with Crippen LogP contribution >= 0.6 is 24.0 Å². The van der Waals surface area contributed by atoms with Gasteiger partial charge in [0.05, 0.1) is 18.1 Å². The lowest BCUT2D eigenvalue weighted by molar-refractivity contribution is 0.271. The predicted molar refractivity (Wildman–Crippen MR) is 127 cm³/mol. The van der Waals surface area contributed by atoms with Crippen LogP contribution in [0.3, 0.4) is 0 Å². The number of ether oxygens (including phenoxy) is 1. The van der Waals surface area contributed by atoms with E-state index in [1.165, 1.54) is 5.56 Å². The maximum atomic E-state index is 11.6. The quantitative estimate of drug-likeness (QED) is 0.327. The van der Waals surface area contributed by atoms with E-state index in [2.05, 4.69) is 55.5 Å². The number of sulfone groups is 1. The van der Waals surface area contributed by atoms with E-state index in [1.807, 2.05) is 12.1 Å². The summed E-state index contributed by atoms with van der Waals surface area (Å²) in [5.74, 6) is 2.45. The Bertz CT molecular complexity index is 746. The van der Waals surface area contributed by atoms with Crippen LogP contribution in [0.1, 0.15) is 39.7 Å². The van der Waals surface area contributed by atoms with Gasteiger partial charge in [-0.2, -0.15) is 0 Å². The van der Waals surface area contributed by atoms with Gasteiger partial charge in [0.2, 0.25) is 0 Å². The minimum Gasteiger partial charge on any atom is -0.493 e. The van der Waals surface area contributed by atoms with Gasteiger partial charge in [0.25, 0.3) is 0 Å². The molecule has 0 aromatic heterocycles. The molecule has 0 radical (unpaired) electrons. The molecule has 1 aromatic carbocycles. The lowest BCUT2D eigenvalue weighted by atomic mass is 9.84. The van der Waals surface area contributed by atoms with Crippen molar-refractivity contribution in [3.63, 3.8) is 0 Å². The highest BCUT2D eigenvalue weighted by molar-refractivity contribution is 14.0. The fourth-order valence-corrected chi connectivity index (χ4v) is 4.64. The van der Waals surface area contributed by atoms with Gasteiger partial charge in [-0.3, -0.25) is 4.99 Å². The second-order valence-corrected chi connectivity index (χ2v) is 10.5. The summed E-state index contributed by atoms with van der Waals surface area (Å²) in [6, 6.07) is 8.14. The van der Waals surface area contributed by atoms with Gasteiger partial charge in [-0.05, 0) is 30.0 Å². The van der Waals surface area contributed by atoms with E-state index in [1.54, 1.807) is 7.05 Å². The van der Waals surface area contributed by atoms with Crippen molar-refractivity contribution in [1.82, 2.24) is 10.6 Å². The number of hydrogen-bond donors (Lipinski definition) is 2. The number of nitrogens with zero attached hydrogens (tertiary/aromatic N) is 1. The van der Waals surface area contributed by atoms with Gasteiger partial charge in [0, 0.05) is 25.0 Å². The SMILES string of the molecule is CN=C(NCC(C)(C)c1ccc(OCC(C)C)cc1)NC1CCS(=O)(=O)C1.I. The van der Waals surface area contributed by atoms with Gasteiger partial charge in [-0.15, -0.1) is 24.0 Å². The fourth-order valence-electron chi connectivity index (χ4n) is 2.97. The average molecular weight is 523 g/mol. The molecule has 0 spiro atoms. The Morgan fingerprint density at radius 2 is 1.93 bits per heavy atom. The standard InChI is InChI=1S/C20H33N3O3S.HI/c1-15(2)12-26-18-8-6-16(7-9-18)20(3,4)14-22-19(21-5)23-17-10-11-27(24,25)13-17;/h6-9,15,17H,10-14H2,1-5H3,(H2,21,22,23);1H. The number of halogens is 1. The molecule has 1 saturated heterocycles. The fraction of sp³-hybridized carbons (Fsp3) is 0.650. The monoisotopic (exact) mass is 523 g/mol. The molecular weight excluding hydrogens is 489 g/mol. The zero-order valence-electron chi connectivity index (χ0n) is 17.5. The first-order valence-electron chi connectivity index (χ1n) is 9.52. The first kappa shape index (κ1) is 25.0. The summed E-state index contributed by atoms with van der Waals surface area (Å²) in [5, 5.41) is 6.55. The van der Waals surface area contributed by atoms with Crippen LogP contribution in [0.4, 0.5) is 0 Å². The second-order valence-electron chi connectivity index (χ2n) is 8.28. The van der Waals surface area contributed by atoms with E-state index in [4.69, 9.17) is 4.74 Å². The Hall–Kier alpha value is -1.03. The average Bonchev–Trinajstić information content (AvgIpc) is 2.95. The molecule has 1 heterocycles. The summed E-state index contributed by atoms with van der Waals surface area (Å²) in [7, 11) is -1.21. The first-order valence-corrected chi connectivity index (χ1v) is 11.3. The summed E-state index contributed by atoms with van der Waals surface area (Å²) in [5.41, 5.74) is 1.08. The summed E-state index contributed by atoms with van der Waals surface area (Å²) in [6.07, 6.45) is 0.629. The third kappa shape index (κ3) is 7.77. The van der Waals surface area contributed by atoms with Gasteiger partial charge in [-0.1, -0.05) is 39.8 Å². The zero-order valence-corrected chi connectivity index (χ0v) is 20.6. The Labute approximate surface area is 186 Å². The van der Waals surface area contributed by atoms with Gasteiger partial charge >= 0.3 is 0 Å². The molecule has 1 unspecified atom stereocenters. The van der Waals surface area contributed by atoms with Gasteiger partial charge in [0.15, 0.2) is 15.8 Å². The number of rotatable bonds is 7. The Balaban J connectivity index is 0.00000392. The molecule has 0 amide bonds. The lowest BCUT2D eigenvalue weighted by Gasteiger charge is -2.27. The van der Waals surface area contributed by atoms with Crippen molar-refractivity contribution in [1.29, 1.82) is 0 Å². The van der Waals surface area contributed by atoms with E-state index in [-0.39, 0.29) is 46.9 Å². The molecule has 1 aromatic rings. The van der Waals surface area contributed by atoms with E-state index in [9.17, 15) is 8.42 Å². The summed E-state index contributed by atoms with van der Waals surface area (Å²) >= 11 is 0. The van der Waals surface area contributed by atoms with Gasteiger partial charge in [0.1, 0.15) is 5.75 Å². The molecule has 1 aliphatic heterocycles. The molecule has 8 heteroatoms. The highest BCUT2D eigenvalue weighted by Gasteiger charge is 2.29.